The minimum Gasteiger partial charge on any atom is -0.411 e. The van der Waals surface area contributed by atoms with Crippen molar-refractivity contribution in [1.29, 1.82) is 0 Å². The third-order valence-corrected chi connectivity index (χ3v) is 4.72. The molecule has 1 aromatic carbocycles. The first-order valence-electron chi connectivity index (χ1n) is 7.42. The van der Waals surface area contributed by atoms with E-state index in [9.17, 15) is 17.6 Å². The monoisotopic (exact) mass is 376 g/mol. The van der Waals surface area contributed by atoms with Crippen molar-refractivity contribution in [1.82, 2.24) is 20.5 Å². The smallest absolute Gasteiger partial charge is 0.335 e. The Kier molecular flexibility index (Phi) is 5.03. The van der Waals surface area contributed by atoms with Crippen molar-refractivity contribution < 1.29 is 22.0 Å². The van der Waals surface area contributed by atoms with Gasteiger partial charge in [-0.3, -0.25) is 9.78 Å². The lowest BCUT2D eigenvalue weighted by atomic mass is 10.2. The molecule has 0 unspecified atom stereocenters. The Labute approximate surface area is 148 Å². The normalized spacial score (nSPS) is 11.3. The molecule has 2 heterocycles. The zero-order valence-corrected chi connectivity index (χ0v) is 14.1. The average Bonchev–Trinajstić information content (AvgIpc) is 3.12. The summed E-state index contributed by atoms with van der Waals surface area (Å²) in [7, 11) is -3.88. The van der Waals surface area contributed by atoms with Crippen molar-refractivity contribution in [2.24, 2.45) is 0 Å². The number of pyridine rings is 1. The van der Waals surface area contributed by atoms with Crippen LogP contribution in [0.3, 0.4) is 0 Å². The van der Waals surface area contributed by atoms with Crippen molar-refractivity contribution in [3.63, 3.8) is 0 Å². The maximum atomic E-state index is 12.9. The van der Waals surface area contributed by atoms with Gasteiger partial charge in [0.05, 0.1) is 17.9 Å². The number of benzene rings is 1. The standard InChI is InChI=1S/C16H13FN4O4S/c17-13-5-3-11(4-6-13)10-26(23,24)16-21-20-14(25-16)9-19-15(22)12-2-1-7-18-8-12/h1-8H,9-10H2,(H,19,22). The highest BCUT2D eigenvalue weighted by atomic mass is 32.2. The minimum atomic E-state index is -3.88. The number of amides is 1. The van der Waals surface area contributed by atoms with Crippen molar-refractivity contribution in [2.75, 3.05) is 0 Å². The number of carbonyl (C=O) groups is 1. The first-order chi connectivity index (χ1) is 12.4. The molecular formula is C16H13FN4O4S. The zero-order valence-electron chi connectivity index (χ0n) is 13.3. The van der Waals surface area contributed by atoms with Gasteiger partial charge in [0, 0.05) is 12.4 Å². The fourth-order valence-electron chi connectivity index (χ4n) is 2.05. The van der Waals surface area contributed by atoms with Gasteiger partial charge in [0.15, 0.2) is 0 Å². The number of hydrogen-bond acceptors (Lipinski definition) is 7. The van der Waals surface area contributed by atoms with Crippen LogP contribution in [0.5, 0.6) is 0 Å². The predicted octanol–water partition coefficient (Wildman–Crippen LogP) is 1.51. The van der Waals surface area contributed by atoms with Gasteiger partial charge in [0.25, 0.3) is 5.91 Å². The number of aromatic nitrogens is 3. The summed E-state index contributed by atoms with van der Waals surface area (Å²) in [5.41, 5.74) is 0.729. The van der Waals surface area contributed by atoms with Crippen molar-refractivity contribution in [3.8, 4) is 0 Å². The molecule has 1 N–H and O–H groups in total. The summed E-state index contributed by atoms with van der Waals surface area (Å²) in [5, 5.41) is 9.09. The van der Waals surface area contributed by atoms with Gasteiger partial charge < -0.3 is 9.73 Å². The fraction of sp³-hybridized carbons (Fsp3) is 0.125. The molecule has 8 nitrogen and oxygen atoms in total. The van der Waals surface area contributed by atoms with E-state index in [1.807, 2.05) is 0 Å². The van der Waals surface area contributed by atoms with Crippen LogP contribution < -0.4 is 5.32 Å². The molecule has 0 aliphatic rings. The molecule has 0 saturated carbocycles. The predicted molar refractivity (Wildman–Crippen MR) is 87.0 cm³/mol. The number of hydrogen-bond donors (Lipinski definition) is 1. The maximum Gasteiger partial charge on any atom is 0.335 e. The summed E-state index contributed by atoms with van der Waals surface area (Å²) < 4.78 is 42.6. The van der Waals surface area contributed by atoms with Gasteiger partial charge in [0.1, 0.15) is 5.82 Å². The molecule has 10 heteroatoms. The van der Waals surface area contributed by atoms with Gasteiger partial charge in [-0.2, -0.15) is 0 Å². The molecule has 0 spiro atoms. The van der Waals surface area contributed by atoms with Crippen LogP contribution in [0.4, 0.5) is 4.39 Å². The molecule has 0 bridgehead atoms. The Morgan fingerprint density at radius 1 is 1.15 bits per heavy atom. The van der Waals surface area contributed by atoms with E-state index in [4.69, 9.17) is 4.42 Å². The summed E-state index contributed by atoms with van der Waals surface area (Å²) in [6.07, 6.45) is 2.93. The van der Waals surface area contributed by atoms with Gasteiger partial charge in [-0.25, -0.2) is 12.8 Å². The van der Waals surface area contributed by atoms with Crippen LogP contribution in [0.25, 0.3) is 0 Å². The molecule has 134 valence electrons. The van der Waals surface area contributed by atoms with E-state index in [1.165, 1.54) is 24.5 Å². The summed E-state index contributed by atoms with van der Waals surface area (Å²) in [6.45, 7) is -0.132. The van der Waals surface area contributed by atoms with E-state index in [1.54, 1.807) is 12.1 Å². The van der Waals surface area contributed by atoms with Gasteiger partial charge in [-0.1, -0.05) is 17.2 Å². The molecular weight excluding hydrogens is 363 g/mol. The minimum absolute atomic E-state index is 0.0556. The summed E-state index contributed by atoms with van der Waals surface area (Å²) in [6, 6.07) is 8.24. The largest absolute Gasteiger partial charge is 0.411 e. The lowest BCUT2D eigenvalue weighted by molar-refractivity contribution is 0.0946. The number of nitrogens with one attached hydrogen (secondary N) is 1. The van der Waals surface area contributed by atoms with Crippen LogP contribution >= 0.6 is 0 Å². The van der Waals surface area contributed by atoms with Crippen LogP contribution in [0.2, 0.25) is 0 Å². The van der Waals surface area contributed by atoms with E-state index in [0.717, 1.165) is 12.1 Å². The Morgan fingerprint density at radius 2 is 1.92 bits per heavy atom. The molecule has 0 saturated heterocycles. The van der Waals surface area contributed by atoms with Crippen molar-refractivity contribution in [2.45, 2.75) is 17.5 Å². The highest BCUT2D eigenvalue weighted by molar-refractivity contribution is 7.90. The van der Waals surface area contributed by atoms with E-state index >= 15 is 0 Å². The summed E-state index contributed by atoms with van der Waals surface area (Å²) >= 11 is 0. The molecule has 3 rings (SSSR count). The van der Waals surface area contributed by atoms with E-state index in [2.05, 4.69) is 20.5 Å². The first-order valence-corrected chi connectivity index (χ1v) is 9.07. The molecule has 0 aliphatic heterocycles. The van der Waals surface area contributed by atoms with E-state index in [-0.39, 0.29) is 12.4 Å². The highest BCUT2D eigenvalue weighted by Gasteiger charge is 2.23. The third kappa shape index (κ3) is 4.28. The maximum absolute atomic E-state index is 12.9. The van der Waals surface area contributed by atoms with E-state index in [0.29, 0.717) is 11.1 Å². The van der Waals surface area contributed by atoms with Gasteiger partial charge >= 0.3 is 5.22 Å². The highest BCUT2D eigenvalue weighted by Crippen LogP contribution is 2.15. The number of carbonyl (C=O) groups excluding carboxylic acids is 1. The van der Waals surface area contributed by atoms with Crippen molar-refractivity contribution >= 4 is 15.7 Å². The van der Waals surface area contributed by atoms with Gasteiger partial charge in [-0.15, -0.1) is 5.10 Å². The average molecular weight is 376 g/mol. The van der Waals surface area contributed by atoms with Gasteiger partial charge in [0.2, 0.25) is 15.7 Å². The Balaban J connectivity index is 1.65. The summed E-state index contributed by atoms with van der Waals surface area (Å²) in [4.78, 5) is 15.7. The SMILES string of the molecule is O=C(NCc1nnc(S(=O)(=O)Cc2ccc(F)cc2)o1)c1cccnc1. The Hall–Kier alpha value is -3.14. The second-order valence-electron chi connectivity index (χ2n) is 5.27. The number of nitrogens with zero attached hydrogens (tertiary/aromatic N) is 3. The second-order valence-corrected chi connectivity index (χ2v) is 7.14. The number of rotatable bonds is 6. The zero-order chi connectivity index (χ0) is 18.6. The first kappa shape index (κ1) is 17.7. The van der Waals surface area contributed by atoms with Crippen LogP contribution in [0.1, 0.15) is 21.8 Å². The van der Waals surface area contributed by atoms with Crippen LogP contribution in [-0.4, -0.2) is 29.5 Å². The molecule has 0 atom stereocenters. The van der Waals surface area contributed by atoms with Crippen LogP contribution in [-0.2, 0) is 22.1 Å². The lowest BCUT2D eigenvalue weighted by Gasteiger charge is -2.01. The number of sulfone groups is 1. The topological polar surface area (TPSA) is 115 Å². The fourth-order valence-corrected chi connectivity index (χ4v) is 3.20. The second kappa shape index (κ2) is 7.40. The van der Waals surface area contributed by atoms with Gasteiger partial charge in [-0.05, 0) is 29.8 Å². The van der Waals surface area contributed by atoms with Crippen LogP contribution in [0.15, 0.2) is 58.4 Å². The quantitative estimate of drug-likeness (QED) is 0.693. The molecule has 0 aliphatic carbocycles. The lowest BCUT2D eigenvalue weighted by Crippen LogP contribution is -2.23. The number of halogens is 1. The van der Waals surface area contributed by atoms with Crippen molar-refractivity contribution in [3.05, 3.63) is 71.6 Å². The van der Waals surface area contributed by atoms with E-state index < -0.39 is 32.5 Å². The molecule has 26 heavy (non-hydrogen) atoms. The molecule has 0 fully saturated rings. The Bertz CT molecular complexity index is 1000. The van der Waals surface area contributed by atoms with Crippen LogP contribution in [0, 0.1) is 5.82 Å². The molecule has 3 aromatic rings. The molecule has 0 radical (unpaired) electrons. The molecule has 2 aromatic heterocycles. The third-order valence-electron chi connectivity index (χ3n) is 3.31. The summed E-state index contributed by atoms with van der Waals surface area (Å²) in [5.74, 6) is -1.33. The molecule has 1 amide bonds. The Morgan fingerprint density at radius 3 is 2.62 bits per heavy atom.